The Balaban J connectivity index is 2.04. The first-order chi connectivity index (χ1) is 9.83. The molecule has 0 aliphatic heterocycles. The van der Waals surface area contributed by atoms with E-state index in [4.69, 9.17) is 4.74 Å². The van der Waals surface area contributed by atoms with E-state index in [0.29, 0.717) is 0 Å². The van der Waals surface area contributed by atoms with E-state index < -0.39 is 0 Å². The van der Waals surface area contributed by atoms with Crippen molar-refractivity contribution in [1.29, 1.82) is 0 Å². The molecule has 2 rings (SSSR count). The fraction of sp³-hybridized carbons (Fsp3) is 0.176. The number of benzene rings is 2. The molecule has 3 heteroatoms. The van der Waals surface area contributed by atoms with Crippen LogP contribution in [0.4, 0.5) is 5.69 Å². The molecule has 0 spiro atoms. The van der Waals surface area contributed by atoms with Gasteiger partial charge in [-0.1, -0.05) is 30.3 Å². The first-order valence-corrected chi connectivity index (χ1v) is 7.51. The Bertz CT molecular complexity index is 568. The van der Waals surface area contributed by atoms with Crippen molar-refractivity contribution in [2.45, 2.75) is 11.4 Å². The number of thioether (sulfide) groups is 1. The Morgan fingerprint density at radius 1 is 1.20 bits per heavy atom. The number of anilines is 1. The van der Waals surface area contributed by atoms with Crippen LogP contribution in [0.3, 0.4) is 0 Å². The smallest absolute Gasteiger partial charge is 0.119 e. The highest BCUT2D eigenvalue weighted by atomic mass is 32.2. The van der Waals surface area contributed by atoms with E-state index in [0.717, 1.165) is 23.7 Å². The van der Waals surface area contributed by atoms with Crippen LogP contribution in [0.1, 0.15) is 5.56 Å². The van der Waals surface area contributed by atoms with Gasteiger partial charge in [-0.05, 0) is 29.8 Å². The minimum atomic E-state index is 0.781. The molecule has 0 heterocycles. The summed E-state index contributed by atoms with van der Waals surface area (Å²) < 4.78 is 5.24. The van der Waals surface area contributed by atoms with Crippen molar-refractivity contribution in [2.75, 3.05) is 18.2 Å². The normalized spacial score (nSPS) is 10.1. The summed E-state index contributed by atoms with van der Waals surface area (Å²) in [7, 11) is 1.69. The van der Waals surface area contributed by atoms with Crippen molar-refractivity contribution in [2.24, 2.45) is 0 Å². The van der Waals surface area contributed by atoms with E-state index in [1.54, 1.807) is 18.9 Å². The summed E-state index contributed by atoms with van der Waals surface area (Å²) in [6.07, 6.45) is 1.92. The molecule has 0 atom stereocenters. The van der Waals surface area contributed by atoms with E-state index in [1.165, 1.54) is 10.5 Å². The molecule has 0 aliphatic rings. The number of ether oxygens (including phenoxy) is 1. The number of hydrogen-bond acceptors (Lipinski definition) is 3. The van der Waals surface area contributed by atoms with Gasteiger partial charge in [0, 0.05) is 22.9 Å². The Morgan fingerprint density at radius 2 is 2.05 bits per heavy atom. The van der Waals surface area contributed by atoms with Crippen molar-refractivity contribution in [1.82, 2.24) is 0 Å². The molecule has 0 aliphatic carbocycles. The zero-order valence-electron chi connectivity index (χ0n) is 11.6. The number of para-hydroxylation sites is 1. The van der Waals surface area contributed by atoms with Crippen molar-refractivity contribution in [3.8, 4) is 5.75 Å². The summed E-state index contributed by atoms with van der Waals surface area (Å²) in [6.45, 7) is 4.54. The molecular formula is C17H19NOS. The fourth-order valence-electron chi connectivity index (χ4n) is 1.87. The van der Waals surface area contributed by atoms with Gasteiger partial charge in [-0.15, -0.1) is 18.3 Å². The molecule has 1 N–H and O–H groups in total. The predicted molar refractivity (Wildman–Crippen MR) is 87.7 cm³/mol. The Kier molecular flexibility index (Phi) is 5.56. The lowest BCUT2D eigenvalue weighted by Gasteiger charge is -2.11. The molecule has 2 aromatic carbocycles. The van der Waals surface area contributed by atoms with E-state index in [2.05, 4.69) is 36.2 Å². The second-order valence-corrected chi connectivity index (χ2v) is 5.36. The highest BCUT2D eigenvalue weighted by Gasteiger charge is 2.02. The molecular weight excluding hydrogens is 266 g/mol. The van der Waals surface area contributed by atoms with Gasteiger partial charge in [0.25, 0.3) is 0 Å². The third-order valence-corrected chi connectivity index (χ3v) is 3.93. The van der Waals surface area contributed by atoms with Crippen molar-refractivity contribution in [3.63, 3.8) is 0 Å². The van der Waals surface area contributed by atoms with Crippen molar-refractivity contribution in [3.05, 3.63) is 66.7 Å². The van der Waals surface area contributed by atoms with E-state index in [1.807, 2.05) is 30.3 Å². The van der Waals surface area contributed by atoms with Crippen LogP contribution in [0.15, 0.2) is 66.1 Å². The molecule has 20 heavy (non-hydrogen) atoms. The molecule has 0 unspecified atom stereocenters. The Hall–Kier alpha value is -1.87. The topological polar surface area (TPSA) is 21.3 Å². The maximum atomic E-state index is 5.24. The van der Waals surface area contributed by atoms with Gasteiger partial charge in [0.1, 0.15) is 5.75 Å². The Labute approximate surface area is 124 Å². The Morgan fingerprint density at radius 3 is 2.85 bits per heavy atom. The number of rotatable bonds is 7. The maximum Gasteiger partial charge on any atom is 0.119 e. The van der Waals surface area contributed by atoms with E-state index >= 15 is 0 Å². The van der Waals surface area contributed by atoms with Crippen LogP contribution < -0.4 is 10.1 Å². The zero-order chi connectivity index (χ0) is 14.2. The van der Waals surface area contributed by atoms with Crippen LogP contribution in [0, 0.1) is 0 Å². The highest BCUT2D eigenvalue weighted by molar-refractivity contribution is 7.99. The van der Waals surface area contributed by atoms with Crippen LogP contribution in [-0.4, -0.2) is 12.9 Å². The van der Waals surface area contributed by atoms with Crippen molar-refractivity contribution < 1.29 is 4.74 Å². The van der Waals surface area contributed by atoms with Crippen LogP contribution in [-0.2, 0) is 6.54 Å². The minimum absolute atomic E-state index is 0.781. The monoisotopic (exact) mass is 285 g/mol. The number of nitrogens with one attached hydrogen (secondary N) is 1. The lowest BCUT2D eigenvalue weighted by molar-refractivity contribution is 0.414. The summed E-state index contributed by atoms with van der Waals surface area (Å²) in [6, 6.07) is 16.4. The largest absolute Gasteiger partial charge is 0.497 e. The molecule has 0 bridgehead atoms. The number of hydrogen-bond donors (Lipinski definition) is 1. The predicted octanol–water partition coefficient (Wildman–Crippen LogP) is 4.59. The van der Waals surface area contributed by atoms with Gasteiger partial charge in [0.05, 0.1) is 7.11 Å². The summed E-state index contributed by atoms with van der Waals surface area (Å²) in [5.74, 6) is 1.80. The van der Waals surface area contributed by atoms with Crippen LogP contribution >= 0.6 is 11.8 Å². The van der Waals surface area contributed by atoms with Gasteiger partial charge in [-0.2, -0.15) is 0 Å². The lowest BCUT2D eigenvalue weighted by Crippen LogP contribution is -2.00. The summed E-state index contributed by atoms with van der Waals surface area (Å²) >= 11 is 1.78. The van der Waals surface area contributed by atoms with E-state index in [9.17, 15) is 0 Å². The third-order valence-electron chi connectivity index (χ3n) is 2.86. The second-order valence-electron chi connectivity index (χ2n) is 4.30. The molecule has 2 nitrogen and oxygen atoms in total. The summed E-state index contributed by atoms with van der Waals surface area (Å²) in [5.41, 5.74) is 2.36. The van der Waals surface area contributed by atoms with E-state index in [-0.39, 0.29) is 0 Å². The standard InChI is InChI=1S/C17H19NOS/c1-3-11-20-17-10-5-4-9-16(17)18-13-14-7-6-8-15(12-14)19-2/h3-10,12,18H,1,11,13H2,2H3. The SMILES string of the molecule is C=CCSc1ccccc1NCc1cccc(OC)c1. The summed E-state index contributed by atoms with van der Waals surface area (Å²) in [4.78, 5) is 1.25. The molecule has 0 aromatic heterocycles. The quantitative estimate of drug-likeness (QED) is 0.594. The van der Waals surface area contributed by atoms with Gasteiger partial charge >= 0.3 is 0 Å². The average Bonchev–Trinajstić information content (AvgIpc) is 2.52. The molecule has 0 fully saturated rings. The molecule has 104 valence electrons. The van der Waals surface area contributed by atoms with Crippen LogP contribution in [0.5, 0.6) is 5.75 Å². The number of methoxy groups -OCH3 is 1. The van der Waals surface area contributed by atoms with Gasteiger partial charge in [-0.3, -0.25) is 0 Å². The van der Waals surface area contributed by atoms with Gasteiger partial charge in [-0.25, -0.2) is 0 Å². The molecule has 2 aromatic rings. The molecule has 0 saturated carbocycles. The third kappa shape index (κ3) is 4.07. The first-order valence-electron chi connectivity index (χ1n) is 6.53. The van der Waals surface area contributed by atoms with Crippen molar-refractivity contribution >= 4 is 17.4 Å². The van der Waals surface area contributed by atoms with Gasteiger partial charge in [0.15, 0.2) is 0 Å². The molecule has 0 radical (unpaired) electrons. The minimum Gasteiger partial charge on any atom is -0.497 e. The molecule has 0 amide bonds. The zero-order valence-corrected chi connectivity index (χ0v) is 12.5. The highest BCUT2D eigenvalue weighted by Crippen LogP contribution is 2.27. The van der Waals surface area contributed by atoms with Gasteiger partial charge in [0.2, 0.25) is 0 Å². The maximum absolute atomic E-state index is 5.24. The first kappa shape index (κ1) is 14.5. The lowest BCUT2D eigenvalue weighted by atomic mass is 10.2. The van der Waals surface area contributed by atoms with Crippen LogP contribution in [0.2, 0.25) is 0 Å². The second kappa shape index (κ2) is 7.65. The van der Waals surface area contributed by atoms with Gasteiger partial charge < -0.3 is 10.1 Å². The fourth-order valence-corrected chi connectivity index (χ4v) is 2.63. The van der Waals surface area contributed by atoms with Crippen LogP contribution in [0.25, 0.3) is 0 Å². The molecule has 0 saturated heterocycles. The summed E-state index contributed by atoms with van der Waals surface area (Å²) in [5, 5.41) is 3.48. The average molecular weight is 285 g/mol.